The molecule has 2 rings (SSSR count). The largest absolute Gasteiger partial charge is 0.421 e. The van der Waals surface area contributed by atoms with Gasteiger partial charge in [-0.1, -0.05) is 19.1 Å². The van der Waals surface area contributed by atoms with Crippen LogP contribution in [0.25, 0.3) is 0 Å². The van der Waals surface area contributed by atoms with E-state index in [9.17, 15) is 4.39 Å². The van der Waals surface area contributed by atoms with Gasteiger partial charge in [0.15, 0.2) is 11.6 Å². The van der Waals surface area contributed by atoms with Crippen molar-refractivity contribution in [1.29, 1.82) is 0 Å². The summed E-state index contributed by atoms with van der Waals surface area (Å²) in [5, 5.41) is 3.20. The number of hydrogen-bond acceptors (Lipinski definition) is 4. The van der Waals surface area contributed by atoms with Crippen LogP contribution >= 0.6 is 0 Å². The fourth-order valence-corrected chi connectivity index (χ4v) is 1.58. The van der Waals surface area contributed by atoms with Crippen molar-refractivity contribution < 1.29 is 9.13 Å². The van der Waals surface area contributed by atoms with Crippen molar-refractivity contribution in [3.8, 4) is 11.8 Å². The third kappa shape index (κ3) is 3.48. The standard InChI is InChI=1S/C14H16FN3O/c1-3-16-8-11-9-17-14(18-10(11)2)19-13-7-5-4-6-12(13)15/h4-7,9,16H,3,8H2,1-2H3. The van der Waals surface area contributed by atoms with E-state index in [0.717, 1.165) is 17.8 Å². The van der Waals surface area contributed by atoms with Crippen LogP contribution in [0.2, 0.25) is 0 Å². The van der Waals surface area contributed by atoms with Gasteiger partial charge in [0.1, 0.15) is 0 Å². The zero-order chi connectivity index (χ0) is 13.7. The molecule has 2 aromatic rings. The van der Waals surface area contributed by atoms with Crippen LogP contribution in [0.5, 0.6) is 11.8 Å². The first-order valence-corrected chi connectivity index (χ1v) is 6.16. The first kappa shape index (κ1) is 13.4. The second-order valence-corrected chi connectivity index (χ2v) is 4.08. The Balaban J connectivity index is 2.14. The second kappa shape index (κ2) is 6.24. The highest BCUT2D eigenvalue weighted by Crippen LogP contribution is 2.21. The minimum atomic E-state index is -0.430. The molecule has 5 heteroatoms. The average molecular weight is 261 g/mol. The van der Waals surface area contributed by atoms with Crippen molar-refractivity contribution in [3.63, 3.8) is 0 Å². The zero-order valence-electron chi connectivity index (χ0n) is 11.0. The highest BCUT2D eigenvalue weighted by Gasteiger charge is 2.07. The summed E-state index contributed by atoms with van der Waals surface area (Å²) in [4.78, 5) is 8.31. The van der Waals surface area contributed by atoms with Crippen molar-refractivity contribution in [2.24, 2.45) is 0 Å². The molecule has 0 spiro atoms. The molecule has 0 saturated heterocycles. The van der Waals surface area contributed by atoms with Gasteiger partial charge in [-0.2, -0.15) is 4.98 Å². The van der Waals surface area contributed by atoms with Crippen LogP contribution in [-0.2, 0) is 6.54 Å². The van der Waals surface area contributed by atoms with Crippen molar-refractivity contribution in [2.45, 2.75) is 20.4 Å². The average Bonchev–Trinajstić information content (AvgIpc) is 2.40. The summed E-state index contributed by atoms with van der Waals surface area (Å²) in [6, 6.07) is 6.34. The molecule has 1 aromatic carbocycles. The smallest absolute Gasteiger partial charge is 0.322 e. The summed E-state index contributed by atoms with van der Waals surface area (Å²) in [5.41, 5.74) is 1.82. The van der Waals surface area contributed by atoms with Crippen molar-refractivity contribution in [1.82, 2.24) is 15.3 Å². The summed E-state index contributed by atoms with van der Waals surface area (Å²) in [7, 11) is 0. The van der Waals surface area contributed by atoms with Gasteiger partial charge in [-0.05, 0) is 25.6 Å². The van der Waals surface area contributed by atoms with E-state index in [1.807, 2.05) is 13.8 Å². The Morgan fingerprint density at radius 3 is 2.79 bits per heavy atom. The Morgan fingerprint density at radius 1 is 1.32 bits per heavy atom. The monoisotopic (exact) mass is 261 g/mol. The second-order valence-electron chi connectivity index (χ2n) is 4.08. The van der Waals surface area contributed by atoms with E-state index in [-0.39, 0.29) is 11.8 Å². The third-order valence-electron chi connectivity index (χ3n) is 2.66. The number of halogens is 1. The van der Waals surface area contributed by atoms with E-state index in [4.69, 9.17) is 4.74 Å². The molecule has 0 radical (unpaired) electrons. The molecular weight excluding hydrogens is 245 g/mol. The molecule has 0 atom stereocenters. The van der Waals surface area contributed by atoms with E-state index in [2.05, 4.69) is 15.3 Å². The number of nitrogens with one attached hydrogen (secondary N) is 1. The molecule has 0 aliphatic heterocycles. The van der Waals surface area contributed by atoms with Gasteiger partial charge in [0.25, 0.3) is 0 Å². The lowest BCUT2D eigenvalue weighted by atomic mass is 10.2. The highest BCUT2D eigenvalue weighted by atomic mass is 19.1. The Kier molecular flexibility index (Phi) is 4.41. The van der Waals surface area contributed by atoms with Crippen LogP contribution in [-0.4, -0.2) is 16.5 Å². The van der Waals surface area contributed by atoms with Crippen LogP contribution in [0, 0.1) is 12.7 Å². The van der Waals surface area contributed by atoms with E-state index >= 15 is 0 Å². The number of para-hydroxylation sites is 1. The molecule has 1 heterocycles. The van der Waals surface area contributed by atoms with E-state index < -0.39 is 5.82 Å². The fourth-order valence-electron chi connectivity index (χ4n) is 1.58. The van der Waals surface area contributed by atoms with E-state index in [1.54, 1.807) is 24.4 Å². The zero-order valence-corrected chi connectivity index (χ0v) is 11.0. The van der Waals surface area contributed by atoms with Crippen LogP contribution in [0.3, 0.4) is 0 Å². The molecule has 0 bridgehead atoms. The SMILES string of the molecule is CCNCc1cnc(Oc2ccccc2F)nc1C. The maximum Gasteiger partial charge on any atom is 0.322 e. The third-order valence-corrected chi connectivity index (χ3v) is 2.66. The van der Waals surface area contributed by atoms with Gasteiger partial charge < -0.3 is 10.1 Å². The highest BCUT2D eigenvalue weighted by molar-refractivity contribution is 5.27. The minimum absolute atomic E-state index is 0.126. The van der Waals surface area contributed by atoms with Crippen LogP contribution < -0.4 is 10.1 Å². The number of aryl methyl sites for hydroxylation is 1. The van der Waals surface area contributed by atoms with Gasteiger partial charge in [0.05, 0.1) is 0 Å². The number of rotatable bonds is 5. The maximum absolute atomic E-state index is 13.4. The molecule has 0 fully saturated rings. The Labute approximate surface area is 111 Å². The van der Waals surface area contributed by atoms with Crippen LogP contribution in [0.4, 0.5) is 4.39 Å². The van der Waals surface area contributed by atoms with Crippen LogP contribution in [0.1, 0.15) is 18.2 Å². The first-order chi connectivity index (χ1) is 9.20. The number of nitrogens with zero attached hydrogens (tertiary/aromatic N) is 2. The molecule has 4 nitrogen and oxygen atoms in total. The number of hydrogen-bond donors (Lipinski definition) is 1. The quantitative estimate of drug-likeness (QED) is 0.899. The maximum atomic E-state index is 13.4. The van der Waals surface area contributed by atoms with Crippen molar-refractivity contribution >= 4 is 0 Å². The lowest BCUT2D eigenvalue weighted by Crippen LogP contribution is -2.13. The summed E-state index contributed by atoms with van der Waals surface area (Å²) in [6.45, 7) is 5.50. The van der Waals surface area contributed by atoms with Gasteiger partial charge in [-0.3, -0.25) is 0 Å². The van der Waals surface area contributed by atoms with Gasteiger partial charge in [-0.25, -0.2) is 9.37 Å². The molecule has 100 valence electrons. The van der Waals surface area contributed by atoms with Crippen LogP contribution in [0.15, 0.2) is 30.5 Å². The molecule has 1 aromatic heterocycles. The van der Waals surface area contributed by atoms with Crippen molar-refractivity contribution in [3.05, 3.63) is 47.5 Å². The van der Waals surface area contributed by atoms with E-state index in [1.165, 1.54) is 6.07 Å². The molecule has 1 N–H and O–H groups in total. The molecule has 0 unspecified atom stereocenters. The molecule has 0 saturated carbocycles. The van der Waals surface area contributed by atoms with Gasteiger partial charge in [0.2, 0.25) is 0 Å². The van der Waals surface area contributed by atoms with E-state index in [0.29, 0.717) is 6.54 Å². The van der Waals surface area contributed by atoms with Crippen molar-refractivity contribution in [2.75, 3.05) is 6.54 Å². The normalized spacial score (nSPS) is 10.5. The van der Waals surface area contributed by atoms with Gasteiger partial charge in [0, 0.05) is 24.0 Å². The lowest BCUT2D eigenvalue weighted by molar-refractivity contribution is 0.409. The number of benzene rings is 1. The minimum Gasteiger partial charge on any atom is -0.421 e. The lowest BCUT2D eigenvalue weighted by Gasteiger charge is -2.08. The predicted molar refractivity (Wildman–Crippen MR) is 70.6 cm³/mol. The molecule has 0 amide bonds. The fraction of sp³-hybridized carbons (Fsp3) is 0.286. The molecule has 19 heavy (non-hydrogen) atoms. The number of ether oxygens (including phenoxy) is 1. The Bertz CT molecular complexity index is 560. The Hall–Kier alpha value is -2.01. The predicted octanol–water partition coefficient (Wildman–Crippen LogP) is 2.83. The topological polar surface area (TPSA) is 47.0 Å². The summed E-state index contributed by atoms with van der Waals surface area (Å²) >= 11 is 0. The summed E-state index contributed by atoms with van der Waals surface area (Å²) in [6.07, 6.45) is 1.70. The molecule has 0 aliphatic carbocycles. The van der Waals surface area contributed by atoms with Gasteiger partial charge >= 0.3 is 6.01 Å². The number of aromatic nitrogens is 2. The van der Waals surface area contributed by atoms with Gasteiger partial charge in [-0.15, -0.1) is 0 Å². The molecular formula is C14H16FN3O. The summed E-state index contributed by atoms with van der Waals surface area (Å²) < 4.78 is 18.8. The first-order valence-electron chi connectivity index (χ1n) is 6.16. The molecule has 0 aliphatic rings. The summed E-state index contributed by atoms with van der Waals surface area (Å²) in [5.74, 6) is -0.304. The Morgan fingerprint density at radius 2 is 2.11 bits per heavy atom.